The number of ether oxygens (including phenoxy) is 1. The quantitative estimate of drug-likeness (QED) is 0.664. The first-order chi connectivity index (χ1) is 11.5. The van der Waals surface area contributed by atoms with E-state index in [-0.39, 0.29) is 11.6 Å². The van der Waals surface area contributed by atoms with Crippen LogP contribution in [0.15, 0.2) is 33.8 Å². The second kappa shape index (κ2) is 6.51. The molecular formula is C17H23N5O2. The van der Waals surface area contributed by atoms with Crippen LogP contribution < -0.4 is 15.4 Å². The summed E-state index contributed by atoms with van der Waals surface area (Å²) in [5.41, 5.74) is 0.894. The van der Waals surface area contributed by atoms with E-state index in [2.05, 4.69) is 45.7 Å². The van der Waals surface area contributed by atoms with Gasteiger partial charge in [-0.1, -0.05) is 23.4 Å². The molecule has 2 heterocycles. The summed E-state index contributed by atoms with van der Waals surface area (Å²) in [6.45, 7) is 6.40. The van der Waals surface area contributed by atoms with E-state index >= 15 is 0 Å². The van der Waals surface area contributed by atoms with Gasteiger partial charge in [0.2, 0.25) is 5.89 Å². The molecule has 0 radical (unpaired) electrons. The second-order valence-electron chi connectivity index (χ2n) is 6.46. The summed E-state index contributed by atoms with van der Waals surface area (Å²) in [5, 5.41) is 10.6. The maximum absolute atomic E-state index is 6.06. The maximum Gasteiger partial charge on any atom is 0.223 e. The minimum absolute atomic E-state index is 0.114. The zero-order chi connectivity index (χ0) is 17.2. The molecule has 7 nitrogen and oxygen atoms in total. The summed E-state index contributed by atoms with van der Waals surface area (Å²) in [5.74, 6) is 2.75. The van der Waals surface area contributed by atoms with Crippen molar-refractivity contribution in [2.24, 2.45) is 4.99 Å². The first-order valence-corrected chi connectivity index (χ1v) is 8.01. The van der Waals surface area contributed by atoms with Crippen molar-refractivity contribution in [3.8, 4) is 5.75 Å². The zero-order valence-electron chi connectivity index (χ0n) is 14.5. The van der Waals surface area contributed by atoms with Crippen LogP contribution in [0.2, 0.25) is 0 Å². The van der Waals surface area contributed by atoms with Crippen LogP contribution in [-0.2, 0) is 6.54 Å². The number of aliphatic imine (C=N–C) groups is 1. The third kappa shape index (κ3) is 3.67. The zero-order valence-corrected chi connectivity index (χ0v) is 14.5. The third-order valence-corrected chi connectivity index (χ3v) is 3.89. The van der Waals surface area contributed by atoms with Gasteiger partial charge in [0, 0.05) is 26.0 Å². The van der Waals surface area contributed by atoms with E-state index < -0.39 is 0 Å². The Kier molecular flexibility index (Phi) is 4.42. The Labute approximate surface area is 141 Å². The molecule has 0 saturated heterocycles. The molecule has 0 amide bonds. The molecule has 1 unspecified atom stereocenters. The van der Waals surface area contributed by atoms with Crippen molar-refractivity contribution >= 4 is 5.96 Å². The van der Waals surface area contributed by atoms with Crippen LogP contribution in [-0.4, -0.2) is 28.7 Å². The summed E-state index contributed by atoms with van der Waals surface area (Å²) in [6, 6.07) is 8.21. The number of guanidine groups is 1. The first-order valence-electron chi connectivity index (χ1n) is 8.01. The molecule has 2 N–H and O–H groups in total. The van der Waals surface area contributed by atoms with Gasteiger partial charge in [-0.3, -0.25) is 4.99 Å². The number of aryl methyl sites for hydroxylation is 1. The van der Waals surface area contributed by atoms with Crippen molar-refractivity contribution in [3.05, 3.63) is 41.5 Å². The van der Waals surface area contributed by atoms with Crippen LogP contribution in [0.5, 0.6) is 5.75 Å². The van der Waals surface area contributed by atoms with Crippen LogP contribution >= 0.6 is 0 Å². The van der Waals surface area contributed by atoms with Crippen molar-refractivity contribution < 1.29 is 9.26 Å². The number of aromatic nitrogens is 2. The van der Waals surface area contributed by atoms with Crippen LogP contribution in [0.25, 0.3) is 0 Å². The molecule has 7 heteroatoms. The number of fused-ring (bicyclic) bond motifs is 1. The lowest BCUT2D eigenvalue weighted by Crippen LogP contribution is -2.45. The van der Waals surface area contributed by atoms with Crippen molar-refractivity contribution in [2.75, 3.05) is 7.05 Å². The number of para-hydroxylation sites is 1. The number of benzene rings is 1. The number of rotatable bonds is 3. The van der Waals surface area contributed by atoms with Gasteiger partial charge in [-0.25, -0.2) is 0 Å². The Balaban J connectivity index is 1.71. The molecule has 1 aromatic carbocycles. The highest BCUT2D eigenvalue weighted by Crippen LogP contribution is 2.39. The van der Waals surface area contributed by atoms with E-state index in [9.17, 15) is 0 Å². The van der Waals surface area contributed by atoms with Crippen molar-refractivity contribution in [1.29, 1.82) is 0 Å². The average Bonchev–Trinajstić information content (AvgIpc) is 2.95. The Hall–Kier alpha value is -2.57. The molecule has 1 atom stereocenters. The molecule has 24 heavy (non-hydrogen) atoms. The van der Waals surface area contributed by atoms with Gasteiger partial charge in [-0.05, 0) is 19.9 Å². The van der Waals surface area contributed by atoms with E-state index in [4.69, 9.17) is 9.26 Å². The lowest BCUT2D eigenvalue weighted by molar-refractivity contribution is 0.0694. The van der Waals surface area contributed by atoms with Crippen LogP contribution in [0.4, 0.5) is 0 Å². The molecule has 1 aliphatic heterocycles. The molecule has 0 bridgehead atoms. The van der Waals surface area contributed by atoms with Crippen LogP contribution in [0, 0.1) is 6.92 Å². The second-order valence-corrected chi connectivity index (χ2v) is 6.46. The van der Waals surface area contributed by atoms with Gasteiger partial charge >= 0.3 is 0 Å². The van der Waals surface area contributed by atoms with E-state index in [0.717, 1.165) is 17.7 Å². The highest BCUT2D eigenvalue weighted by Gasteiger charge is 2.33. The van der Waals surface area contributed by atoms with Gasteiger partial charge in [0.1, 0.15) is 11.4 Å². The molecule has 2 aromatic rings. The third-order valence-electron chi connectivity index (χ3n) is 3.89. The van der Waals surface area contributed by atoms with Crippen molar-refractivity contribution in [3.63, 3.8) is 0 Å². The number of nitrogens with zero attached hydrogens (tertiary/aromatic N) is 3. The molecule has 1 aromatic heterocycles. The summed E-state index contributed by atoms with van der Waals surface area (Å²) in [4.78, 5) is 8.47. The summed E-state index contributed by atoms with van der Waals surface area (Å²) >= 11 is 0. The normalized spacial score (nSPS) is 19.3. The fourth-order valence-electron chi connectivity index (χ4n) is 2.87. The molecule has 0 spiro atoms. The lowest BCUT2D eigenvalue weighted by atomic mass is 9.90. The predicted molar refractivity (Wildman–Crippen MR) is 90.9 cm³/mol. The molecule has 1 aliphatic rings. The minimum atomic E-state index is -0.240. The highest BCUT2D eigenvalue weighted by molar-refractivity contribution is 5.80. The molecular weight excluding hydrogens is 306 g/mol. The first kappa shape index (κ1) is 16.3. The fraction of sp³-hybridized carbons (Fsp3) is 0.471. The van der Waals surface area contributed by atoms with E-state index in [0.29, 0.717) is 24.2 Å². The van der Waals surface area contributed by atoms with Gasteiger partial charge in [0.25, 0.3) is 0 Å². The van der Waals surface area contributed by atoms with Gasteiger partial charge in [0.15, 0.2) is 11.8 Å². The number of hydrogen-bond acceptors (Lipinski definition) is 5. The summed E-state index contributed by atoms with van der Waals surface area (Å²) in [6.07, 6.45) is 0.839. The van der Waals surface area contributed by atoms with Gasteiger partial charge in [-0.2, -0.15) is 4.98 Å². The van der Waals surface area contributed by atoms with E-state index in [1.54, 1.807) is 14.0 Å². The monoisotopic (exact) mass is 329 g/mol. The van der Waals surface area contributed by atoms with E-state index in [1.165, 1.54) is 0 Å². The maximum atomic E-state index is 6.06. The Morgan fingerprint density at radius 2 is 2.17 bits per heavy atom. The van der Waals surface area contributed by atoms with Gasteiger partial charge < -0.3 is 19.9 Å². The fourth-order valence-corrected chi connectivity index (χ4v) is 2.87. The Morgan fingerprint density at radius 1 is 1.38 bits per heavy atom. The molecule has 0 fully saturated rings. The Bertz CT molecular complexity index is 738. The number of hydrogen-bond donors (Lipinski definition) is 2. The molecule has 0 aliphatic carbocycles. The largest absolute Gasteiger partial charge is 0.487 e. The summed E-state index contributed by atoms with van der Waals surface area (Å²) in [7, 11) is 1.74. The van der Waals surface area contributed by atoms with Crippen LogP contribution in [0.3, 0.4) is 0 Å². The smallest absolute Gasteiger partial charge is 0.223 e. The molecule has 128 valence electrons. The Morgan fingerprint density at radius 3 is 2.88 bits per heavy atom. The standard InChI is InChI=1S/C17H23N5O2/c1-11-20-15(22-24-11)10-19-16(18-4)21-13-9-17(2,3)23-14-8-6-5-7-12(13)14/h5-8,13H,9-10H2,1-4H3,(H2,18,19,21). The molecule has 0 saturated carbocycles. The SMILES string of the molecule is CN=C(NCc1noc(C)n1)NC1CC(C)(C)Oc2ccccc21. The van der Waals surface area contributed by atoms with Crippen molar-refractivity contribution in [2.45, 2.75) is 45.4 Å². The lowest BCUT2D eigenvalue weighted by Gasteiger charge is -2.38. The summed E-state index contributed by atoms with van der Waals surface area (Å²) < 4.78 is 11.0. The van der Waals surface area contributed by atoms with Gasteiger partial charge in [0.05, 0.1) is 12.6 Å². The highest BCUT2D eigenvalue weighted by atomic mass is 16.5. The minimum Gasteiger partial charge on any atom is -0.487 e. The van der Waals surface area contributed by atoms with E-state index in [1.807, 2.05) is 18.2 Å². The van der Waals surface area contributed by atoms with Crippen molar-refractivity contribution in [1.82, 2.24) is 20.8 Å². The molecule has 3 rings (SSSR count). The number of nitrogens with one attached hydrogen (secondary N) is 2. The van der Waals surface area contributed by atoms with Crippen LogP contribution in [0.1, 0.15) is 43.6 Å². The topological polar surface area (TPSA) is 84.6 Å². The average molecular weight is 329 g/mol. The van der Waals surface area contributed by atoms with Gasteiger partial charge in [-0.15, -0.1) is 0 Å². The predicted octanol–water partition coefficient (Wildman–Crippen LogP) is 2.35.